The largest absolute Gasteiger partial charge is 0.534 e. The molecule has 3 rings (SSSR count). The van der Waals surface area contributed by atoms with Gasteiger partial charge >= 0.3 is 15.6 Å². The van der Waals surface area contributed by atoms with Crippen LogP contribution in [0.2, 0.25) is 0 Å². The lowest BCUT2D eigenvalue weighted by molar-refractivity contribution is -0.0501. The summed E-state index contributed by atoms with van der Waals surface area (Å²) in [6, 6.07) is 10.0. The van der Waals surface area contributed by atoms with Crippen LogP contribution >= 0.6 is 0 Å². The number of benzene rings is 1. The Morgan fingerprint density at radius 3 is 2.32 bits per heavy atom. The second-order valence-electron chi connectivity index (χ2n) is 5.32. The number of halogens is 3. The van der Waals surface area contributed by atoms with Crippen molar-refractivity contribution in [2.45, 2.75) is 12.1 Å². The van der Waals surface area contributed by atoms with Gasteiger partial charge in [-0.25, -0.2) is 4.98 Å². The lowest BCUT2D eigenvalue weighted by atomic mass is 10.2. The summed E-state index contributed by atoms with van der Waals surface area (Å²) in [4.78, 5) is 11.4. The van der Waals surface area contributed by atoms with Gasteiger partial charge in [0.2, 0.25) is 5.88 Å². The summed E-state index contributed by atoms with van der Waals surface area (Å²) in [5, 5.41) is 0. The Hall–Kier alpha value is -3.15. The molecule has 0 unspecified atom stereocenters. The highest BCUT2D eigenvalue weighted by Crippen LogP contribution is 2.26. The van der Waals surface area contributed by atoms with Gasteiger partial charge in [-0.2, -0.15) is 31.6 Å². The normalized spacial score (nSPS) is 12.0. The van der Waals surface area contributed by atoms with Gasteiger partial charge in [-0.1, -0.05) is 12.1 Å². The van der Waals surface area contributed by atoms with Crippen molar-refractivity contribution in [3.8, 4) is 17.5 Å². The predicted octanol–water partition coefficient (Wildman–Crippen LogP) is 2.84. The van der Waals surface area contributed by atoms with Crippen molar-refractivity contribution >= 4 is 21.3 Å². The molecule has 0 saturated carbocycles. The van der Waals surface area contributed by atoms with E-state index in [0.717, 1.165) is 11.8 Å². The molecule has 0 aliphatic heterocycles. The molecular weight excluding hydrogens is 403 g/mol. The van der Waals surface area contributed by atoms with Crippen LogP contribution < -0.4 is 13.7 Å². The number of methoxy groups -OCH3 is 1. The summed E-state index contributed by atoms with van der Waals surface area (Å²) in [7, 11) is -4.31. The third kappa shape index (κ3) is 4.39. The van der Waals surface area contributed by atoms with Gasteiger partial charge < -0.3 is 13.7 Å². The monoisotopic (exact) mass is 415 g/mol. The molecule has 0 spiro atoms. The van der Waals surface area contributed by atoms with E-state index in [0.29, 0.717) is 5.75 Å². The Balaban J connectivity index is 1.78. The summed E-state index contributed by atoms with van der Waals surface area (Å²) in [6.07, 6.45) is 0.755. The van der Waals surface area contributed by atoms with E-state index in [1.807, 2.05) is 0 Å². The van der Waals surface area contributed by atoms with E-state index in [1.54, 1.807) is 31.4 Å². The minimum absolute atomic E-state index is 0.119. The highest BCUT2D eigenvalue weighted by Gasteiger charge is 2.49. The summed E-state index contributed by atoms with van der Waals surface area (Å²) >= 11 is 0. The lowest BCUT2D eigenvalue weighted by Crippen LogP contribution is -2.28. The van der Waals surface area contributed by atoms with Crippen LogP contribution in [-0.2, 0) is 16.7 Å². The van der Waals surface area contributed by atoms with E-state index in [4.69, 9.17) is 9.47 Å². The van der Waals surface area contributed by atoms with Gasteiger partial charge in [-0.15, -0.1) is 0 Å². The second kappa shape index (κ2) is 7.46. The Kier molecular flexibility index (Phi) is 5.23. The Morgan fingerprint density at radius 1 is 1.00 bits per heavy atom. The molecule has 0 N–H and O–H groups in total. The predicted molar refractivity (Wildman–Crippen MR) is 90.3 cm³/mol. The van der Waals surface area contributed by atoms with Gasteiger partial charge in [0.15, 0.2) is 5.65 Å². The molecule has 3 aromatic rings. The minimum Gasteiger partial charge on any atom is -0.497 e. The SMILES string of the molecule is COc1ccc(COc2ccc3ncc(OS(=O)(=O)C(F)(F)F)nc3n2)cc1. The van der Waals surface area contributed by atoms with Crippen LogP contribution in [0.3, 0.4) is 0 Å². The molecule has 0 aliphatic carbocycles. The zero-order valence-corrected chi connectivity index (χ0v) is 15.0. The van der Waals surface area contributed by atoms with E-state index >= 15 is 0 Å². The molecule has 1 aromatic carbocycles. The van der Waals surface area contributed by atoms with E-state index < -0.39 is 21.5 Å². The first-order chi connectivity index (χ1) is 13.2. The van der Waals surface area contributed by atoms with Crippen LogP contribution in [-0.4, -0.2) is 36.0 Å². The molecule has 0 amide bonds. The van der Waals surface area contributed by atoms with E-state index in [2.05, 4.69) is 19.1 Å². The molecule has 12 heteroatoms. The number of rotatable bonds is 6. The first-order valence-corrected chi connectivity index (χ1v) is 8.99. The van der Waals surface area contributed by atoms with Crippen molar-refractivity contribution in [1.82, 2.24) is 15.0 Å². The number of pyridine rings is 1. The summed E-state index contributed by atoms with van der Waals surface area (Å²) < 4.78 is 73.8. The third-order valence-electron chi connectivity index (χ3n) is 3.38. The highest BCUT2D eigenvalue weighted by molar-refractivity contribution is 7.87. The van der Waals surface area contributed by atoms with Gasteiger partial charge in [-0.3, -0.25) is 0 Å². The lowest BCUT2D eigenvalue weighted by Gasteiger charge is -2.09. The van der Waals surface area contributed by atoms with Crippen molar-refractivity contribution in [3.05, 3.63) is 48.2 Å². The summed E-state index contributed by atoms with van der Waals surface area (Å²) in [6.45, 7) is 0.161. The number of hydrogen-bond acceptors (Lipinski definition) is 8. The maximum atomic E-state index is 12.4. The number of aromatic nitrogens is 3. The van der Waals surface area contributed by atoms with E-state index in [1.165, 1.54) is 12.1 Å². The average molecular weight is 415 g/mol. The van der Waals surface area contributed by atoms with Crippen LogP contribution in [0.5, 0.6) is 17.5 Å². The van der Waals surface area contributed by atoms with Crippen LogP contribution in [0.4, 0.5) is 13.2 Å². The molecule has 0 aliphatic rings. The van der Waals surface area contributed by atoms with Gasteiger partial charge in [0.05, 0.1) is 13.3 Å². The van der Waals surface area contributed by atoms with Crippen molar-refractivity contribution < 1.29 is 35.2 Å². The first-order valence-electron chi connectivity index (χ1n) is 7.58. The Labute approximate surface area is 157 Å². The first kappa shape index (κ1) is 19.6. The molecule has 28 heavy (non-hydrogen) atoms. The molecular formula is C16H12F3N3O5S. The van der Waals surface area contributed by atoms with Crippen LogP contribution in [0.15, 0.2) is 42.6 Å². The molecule has 0 atom stereocenters. The second-order valence-corrected chi connectivity index (χ2v) is 6.86. The Bertz CT molecular complexity index is 1090. The number of fused-ring (bicyclic) bond motifs is 1. The maximum absolute atomic E-state index is 12.4. The fourth-order valence-electron chi connectivity index (χ4n) is 2.02. The fourth-order valence-corrected chi connectivity index (χ4v) is 2.42. The quantitative estimate of drug-likeness (QED) is 0.448. The van der Waals surface area contributed by atoms with Gasteiger partial charge in [0, 0.05) is 6.07 Å². The Morgan fingerprint density at radius 2 is 1.68 bits per heavy atom. The fraction of sp³-hybridized carbons (Fsp3) is 0.188. The minimum atomic E-state index is -5.85. The van der Waals surface area contributed by atoms with Crippen molar-refractivity contribution in [1.29, 1.82) is 0 Å². The molecule has 8 nitrogen and oxygen atoms in total. The van der Waals surface area contributed by atoms with Crippen LogP contribution in [0.1, 0.15) is 5.56 Å². The summed E-state index contributed by atoms with van der Waals surface area (Å²) in [5.41, 5.74) is -4.68. The average Bonchev–Trinajstić information content (AvgIpc) is 2.65. The topological polar surface area (TPSA) is 100 Å². The van der Waals surface area contributed by atoms with Crippen LogP contribution in [0, 0.1) is 0 Å². The van der Waals surface area contributed by atoms with Crippen molar-refractivity contribution in [2.75, 3.05) is 7.11 Å². The number of nitrogens with zero attached hydrogens (tertiary/aromatic N) is 3. The number of ether oxygens (including phenoxy) is 2. The van der Waals surface area contributed by atoms with Gasteiger partial charge in [-0.05, 0) is 23.8 Å². The van der Waals surface area contributed by atoms with E-state index in [-0.39, 0.29) is 23.7 Å². The zero-order valence-electron chi connectivity index (χ0n) is 14.2. The molecule has 2 aromatic heterocycles. The summed E-state index contributed by atoms with van der Waals surface area (Å²) in [5.74, 6) is -0.0535. The smallest absolute Gasteiger partial charge is 0.497 e. The molecule has 0 saturated heterocycles. The van der Waals surface area contributed by atoms with Gasteiger partial charge in [0.25, 0.3) is 5.88 Å². The highest BCUT2D eigenvalue weighted by atomic mass is 32.2. The molecule has 0 bridgehead atoms. The van der Waals surface area contributed by atoms with Gasteiger partial charge in [0.1, 0.15) is 17.9 Å². The number of alkyl halides is 3. The number of hydrogen-bond donors (Lipinski definition) is 0. The zero-order chi connectivity index (χ0) is 20.4. The molecule has 0 radical (unpaired) electrons. The standard InChI is InChI=1S/C16H12F3N3O5S/c1-25-11-4-2-10(3-5-11)9-26-13-7-6-12-15(21-13)22-14(8-20-12)27-28(23,24)16(17,18)19/h2-8H,9H2,1H3. The van der Waals surface area contributed by atoms with E-state index in [9.17, 15) is 21.6 Å². The molecule has 0 fully saturated rings. The van der Waals surface area contributed by atoms with Crippen molar-refractivity contribution in [2.24, 2.45) is 0 Å². The maximum Gasteiger partial charge on any atom is 0.534 e. The third-order valence-corrected chi connectivity index (χ3v) is 4.34. The van der Waals surface area contributed by atoms with Crippen molar-refractivity contribution in [3.63, 3.8) is 0 Å². The molecule has 148 valence electrons. The molecule has 2 heterocycles. The van der Waals surface area contributed by atoms with Crippen LogP contribution in [0.25, 0.3) is 11.2 Å².